The fourth-order valence-electron chi connectivity index (χ4n) is 4.41. The van der Waals surface area contributed by atoms with Crippen LogP contribution in [0.4, 0.5) is 11.4 Å². The molecule has 5 nitrogen and oxygen atoms in total. The molecule has 0 spiro atoms. The molecule has 5 heteroatoms. The van der Waals surface area contributed by atoms with Gasteiger partial charge in [0.1, 0.15) is 0 Å². The van der Waals surface area contributed by atoms with E-state index in [2.05, 4.69) is 0 Å². The fraction of sp³-hybridized carbons (Fsp3) is 0.0588. The van der Waals surface area contributed by atoms with Gasteiger partial charge in [-0.05, 0) is 64.7 Å². The second kappa shape index (κ2) is 11.5. The van der Waals surface area contributed by atoms with E-state index in [1.54, 1.807) is 48.5 Å². The zero-order chi connectivity index (χ0) is 27.2. The molecule has 1 amide bonds. The molecular weight excluding hydrogens is 484 g/mol. The van der Waals surface area contributed by atoms with Crippen molar-refractivity contribution in [1.29, 1.82) is 0 Å². The predicted octanol–water partition coefficient (Wildman–Crippen LogP) is 7.51. The van der Waals surface area contributed by atoms with Crippen LogP contribution in [0.2, 0.25) is 0 Å². The molecular formula is C34H28N2O3. The molecule has 0 saturated heterocycles. The first kappa shape index (κ1) is 25.5. The Kier molecular flexibility index (Phi) is 7.51. The third kappa shape index (κ3) is 5.58. The van der Waals surface area contributed by atoms with Crippen LogP contribution < -0.4 is 9.96 Å². The molecule has 5 rings (SSSR count). The molecule has 0 aliphatic rings. The summed E-state index contributed by atoms with van der Waals surface area (Å²) in [6, 6.07) is 41.3. The largest absolute Gasteiger partial charge is 0.378 e. The molecule has 5 aromatic carbocycles. The highest BCUT2D eigenvalue weighted by Crippen LogP contribution is 2.34. The summed E-state index contributed by atoms with van der Waals surface area (Å²) in [5.74, 6) is -1.07. The molecule has 0 aromatic heterocycles. The number of carbonyl (C=O) groups is 2. The van der Waals surface area contributed by atoms with Crippen molar-refractivity contribution in [3.63, 3.8) is 0 Å². The van der Waals surface area contributed by atoms with Gasteiger partial charge < -0.3 is 9.74 Å². The molecule has 39 heavy (non-hydrogen) atoms. The van der Waals surface area contributed by atoms with Crippen LogP contribution in [0, 0.1) is 0 Å². The number of hydrogen-bond acceptors (Lipinski definition) is 4. The van der Waals surface area contributed by atoms with Crippen molar-refractivity contribution in [3.05, 3.63) is 145 Å². The molecule has 0 bridgehead atoms. The lowest BCUT2D eigenvalue weighted by Crippen LogP contribution is -2.34. The first-order valence-corrected chi connectivity index (χ1v) is 12.7. The van der Waals surface area contributed by atoms with Crippen LogP contribution in [0.25, 0.3) is 22.3 Å². The standard InChI is InChI=1S/C34H28N2O3/c1-35(2)27-23-21-26(22-24-27)33(37)36(28-15-7-4-8-16-28)39-34(38)32-20-12-11-19-31(32)30-18-10-9-17-29(30)25-13-5-3-6-14-25/h3-24H,1-2H3. The number of benzene rings is 5. The monoisotopic (exact) mass is 512 g/mol. The SMILES string of the molecule is CN(C)c1ccc(C(=O)N(OC(=O)c2ccccc2-c2ccccc2-c2ccccc2)c2ccccc2)cc1. The van der Waals surface area contributed by atoms with E-state index in [4.69, 9.17) is 4.84 Å². The van der Waals surface area contributed by atoms with Crippen molar-refractivity contribution in [2.45, 2.75) is 0 Å². The third-order valence-corrected chi connectivity index (χ3v) is 6.43. The lowest BCUT2D eigenvalue weighted by molar-refractivity contribution is 0.0410. The van der Waals surface area contributed by atoms with E-state index in [9.17, 15) is 9.59 Å². The van der Waals surface area contributed by atoms with Gasteiger partial charge in [0.15, 0.2) is 0 Å². The van der Waals surface area contributed by atoms with Crippen molar-refractivity contribution >= 4 is 23.3 Å². The molecule has 192 valence electrons. The normalized spacial score (nSPS) is 10.5. The van der Waals surface area contributed by atoms with E-state index >= 15 is 0 Å². The minimum Gasteiger partial charge on any atom is -0.378 e. The van der Waals surface area contributed by atoms with Gasteiger partial charge in [0.25, 0.3) is 5.91 Å². The minimum atomic E-state index is -0.629. The maximum absolute atomic E-state index is 13.7. The van der Waals surface area contributed by atoms with Crippen LogP contribution in [0.1, 0.15) is 20.7 Å². The highest BCUT2D eigenvalue weighted by Gasteiger charge is 2.25. The Balaban J connectivity index is 1.52. The summed E-state index contributed by atoms with van der Waals surface area (Å²) in [7, 11) is 3.87. The van der Waals surface area contributed by atoms with Crippen molar-refractivity contribution < 1.29 is 14.4 Å². The number of carbonyl (C=O) groups excluding carboxylic acids is 2. The average molecular weight is 513 g/mol. The first-order chi connectivity index (χ1) is 19.0. The highest BCUT2D eigenvalue weighted by atomic mass is 16.7. The first-order valence-electron chi connectivity index (χ1n) is 12.7. The van der Waals surface area contributed by atoms with Crippen LogP contribution >= 0.6 is 0 Å². The molecule has 5 aromatic rings. The van der Waals surface area contributed by atoms with E-state index in [-0.39, 0.29) is 0 Å². The van der Waals surface area contributed by atoms with Crippen LogP contribution in [0.5, 0.6) is 0 Å². The van der Waals surface area contributed by atoms with Gasteiger partial charge in [-0.3, -0.25) is 4.79 Å². The molecule has 0 N–H and O–H groups in total. The van der Waals surface area contributed by atoms with E-state index in [1.165, 1.54) is 0 Å². The zero-order valence-corrected chi connectivity index (χ0v) is 21.8. The number of rotatable bonds is 6. The zero-order valence-electron chi connectivity index (χ0n) is 21.8. The second-order valence-electron chi connectivity index (χ2n) is 9.21. The lowest BCUT2D eigenvalue weighted by atomic mass is 9.92. The topological polar surface area (TPSA) is 49.9 Å². The second-order valence-corrected chi connectivity index (χ2v) is 9.21. The van der Waals surface area contributed by atoms with Gasteiger partial charge in [-0.2, -0.15) is 0 Å². The van der Waals surface area contributed by atoms with Crippen molar-refractivity contribution in [3.8, 4) is 22.3 Å². The van der Waals surface area contributed by atoms with E-state index in [0.717, 1.165) is 33.0 Å². The average Bonchev–Trinajstić information content (AvgIpc) is 3.00. The van der Waals surface area contributed by atoms with E-state index in [1.807, 2.05) is 104 Å². The Labute approximate surface area is 228 Å². The van der Waals surface area contributed by atoms with Gasteiger partial charge in [-0.15, -0.1) is 5.06 Å². The third-order valence-electron chi connectivity index (χ3n) is 6.43. The van der Waals surface area contributed by atoms with E-state index in [0.29, 0.717) is 16.8 Å². The molecule has 0 fully saturated rings. The Morgan fingerprint density at radius 3 is 1.72 bits per heavy atom. The van der Waals surface area contributed by atoms with Gasteiger partial charge in [0, 0.05) is 25.3 Å². The maximum atomic E-state index is 13.7. The van der Waals surface area contributed by atoms with Crippen LogP contribution in [-0.2, 0) is 4.84 Å². The fourth-order valence-corrected chi connectivity index (χ4v) is 4.41. The van der Waals surface area contributed by atoms with Gasteiger partial charge in [-0.1, -0.05) is 91.0 Å². The quantitative estimate of drug-likeness (QED) is 0.221. The smallest absolute Gasteiger partial charge is 0.364 e. The highest BCUT2D eigenvalue weighted by molar-refractivity contribution is 6.08. The summed E-state index contributed by atoms with van der Waals surface area (Å²) in [5.41, 5.74) is 5.83. The van der Waals surface area contributed by atoms with Crippen molar-refractivity contribution in [2.75, 3.05) is 24.1 Å². The number of nitrogens with zero attached hydrogens (tertiary/aromatic N) is 2. The lowest BCUT2D eigenvalue weighted by Gasteiger charge is -2.22. The number of para-hydroxylation sites is 1. The summed E-state index contributed by atoms with van der Waals surface area (Å²) in [4.78, 5) is 35.2. The van der Waals surface area contributed by atoms with Gasteiger partial charge in [-0.25, -0.2) is 4.79 Å². The van der Waals surface area contributed by atoms with Crippen molar-refractivity contribution in [2.24, 2.45) is 0 Å². The van der Waals surface area contributed by atoms with Crippen molar-refractivity contribution in [1.82, 2.24) is 0 Å². The Morgan fingerprint density at radius 2 is 1.08 bits per heavy atom. The van der Waals surface area contributed by atoms with Crippen LogP contribution in [0.3, 0.4) is 0 Å². The molecule has 0 aliphatic heterocycles. The minimum absolute atomic E-state index is 0.359. The van der Waals surface area contributed by atoms with Crippen LogP contribution in [-0.4, -0.2) is 26.0 Å². The molecule has 0 atom stereocenters. The number of amides is 1. The molecule has 0 heterocycles. The molecule has 0 aliphatic carbocycles. The summed E-state index contributed by atoms with van der Waals surface area (Å²) in [5, 5.41) is 1.06. The van der Waals surface area contributed by atoms with Gasteiger partial charge in [0.05, 0.1) is 11.3 Å². The summed E-state index contributed by atoms with van der Waals surface area (Å²) >= 11 is 0. The Morgan fingerprint density at radius 1 is 0.538 bits per heavy atom. The van der Waals surface area contributed by atoms with Gasteiger partial charge >= 0.3 is 5.97 Å². The molecule has 0 saturated carbocycles. The van der Waals surface area contributed by atoms with E-state index < -0.39 is 11.9 Å². The molecule has 0 radical (unpaired) electrons. The number of hydrogen-bond donors (Lipinski definition) is 0. The number of anilines is 2. The van der Waals surface area contributed by atoms with Gasteiger partial charge in [0.2, 0.25) is 0 Å². The number of hydroxylamine groups is 1. The Bertz CT molecular complexity index is 1580. The Hall–Kier alpha value is -5.16. The summed E-state index contributed by atoms with van der Waals surface area (Å²) < 4.78 is 0. The predicted molar refractivity (Wildman–Crippen MR) is 157 cm³/mol. The van der Waals surface area contributed by atoms with Crippen LogP contribution in [0.15, 0.2) is 133 Å². The summed E-state index contributed by atoms with van der Waals surface area (Å²) in [6.45, 7) is 0. The summed E-state index contributed by atoms with van der Waals surface area (Å²) in [6.07, 6.45) is 0. The molecule has 0 unspecified atom stereocenters. The maximum Gasteiger partial charge on any atom is 0.364 e.